The standard InChI is InChI=1S/C17H21N3O2/c21-16(12-15-6-9-18-19-15)20-10-7-14(8-11-20)17(22)13-4-2-1-3-5-13/h1-6,9,14,17,22H,7-8,10-12H2,(H,18,19). The number of rotatable bonds is 4. The molecule has 1 amide bonds. The van der Waals surface area contributed by atoms with Gasteiger partial charge in [-0.15, -0.1) is 0 Å². The number of aromatic nitrogens is 2. The lowest BCUT2D eigenvalue weighted by atomic mass is 9.87. The third-order valence-electron chi connectivity index (χ3n) is 4.38. The van der Waals surface area contributed by atoms with Gasteiger partial charge in [-0.25, -0.2) is 0 Å². The normalized spacial score (nSPS) is 17.4. The van der Waals surface area contributed by atoms with Crippen LogP contribution in [0.1, 0.15) is 30.2 Å². The lowest BCUT2D eigenvalue weighted by Crippen LogP contribution is -2.40. The van der Waals surface area contributed by atoms with E-state index in [1.807, 2.05) is 41.3 Å². The number of carbonyl (C=O) groups is 1. The Morgan fingerprint density at radius 2 is 2.00 bits per heavy atom. The van der Waals surface area contributed by atoms with E-state index in [9.17, 15) is 9.90 Å². The van der Waals surface area contributed by atoms with Crippen LogP contribution in [-0.2, 0) is 11.2 Å². The summed E-state index contributed by atoms with van der Waals surface area (Å²) >= 11 is 0. The van der Waals surface area contributed by atoms with Crippen LogP contribution in [0, 0.1) is 5.92 Å². The number of hydrogen-bond acceptors (Lipinski definition) is 3. The Balaban J connectivity index is 1.53. The number of aliphatic hydroxyl groups is 1. The maximum atomic E-state index is 12.2. The first-order valence-electron chi connectivity index (χ1n) is 7.73. The average Bonchev–Trinajstić information content (AvgIpc) is 3.08. The summed E-state index contributed by atoms with van der Waals surface area (Å²) in [6.07, 6.45) is 3.26. The van der Waals surface area contributed by atoms with Gasteiger partial charge in [0.1, 0.15) is 0 Å². The summed E-state index contributed by atoms with van der Waals surface area (Å²) in [4.78, 5) is 14.1. The zero-order valence-electron chi connectivity index (χ0n) is 12.5. The van der Waals surface area contributed by atoms with Crippen LogP contribution in [0.4, 0.5) is 0 Å². The molecule has 2 heterocycles. The summed E-state index contributed by atoms with van der Waals surface area (Å²) in [7, 11) is 0. The predicted molar refractivity (Wildman–Crippen MR) is 83.0 cm³/mol. The van der Waals surface area contributed by atoms with Crippen molar-refractivity contribution in [3.05, 3.63) is 53.9 Å². The van der Waals surface area contributed by atoms with Crippen LogP contribution in [0.25, 0.3) is 0 Å². The number of nitrogens with zero attached hydrogens (tertiary/aromatic N) is 2. The average molecular weight is 299 g/mol. The molecule has 22 heavy (non-hydrogen) atoms. The van der Waals surface area contributed by atoms with Gasteiger partial charge in [-0.1, -0.05) is 30.3 Å². The van der Waals surface area contributed by atoms with Gasteiger partial charge in [0.25, 0.3) is 0 Å². The number of amides is 1. The third-order valence-corrected chi connectivity index (χ3v) is 4.38. The van der Waals surface area contributed by atoms with Crippen LogP contribution >= 0.6 is 0 Å². The maximum Gasteiger partial charge on any atom is 0.228 e. The molecule has 1 aliphatic rings. The number of aromatic amines is 1. The van der Waals surface area contributed by atoms with E-state index in [1.54, 1.807) is 6.20 Å². The van der Waals surface area contributed by atoms with E-state index >= 15 is 0 Å². The van der Waals surface area contributed by atoms with Gasteiger partial charge in [0.05, 0.1) is 12.5 Å². The van der Waals surface area contributed by atoms with Crippen LogP contribution in [0.15, 0.2) is 42.6 Å². The first-order chi connectivity index (χ1) is 10.7. The summed E-state index contributed by atoms with van der Waals surface area (Å²) in [5.41, 5.74) is 1.81. The molecule has 1 aliphatic heterocycles. The summed E-state index contributed by atoms with van der Waals surface area (Å²) < 4.78 is 0. The number of H-pyrrole nitrogens is 1. The molecule has 1 atom stereocenters. The molecule has 2 N–H and O–H groups in total. The van der Waals surface area contributed by atoms with Crippen molar-refractivity contribution in [2.45, 2.75) is 25.4 Å². The fourth-order valence-corrected chi connectivity index (χ4v) is 3.04. The highest BCUT2D eigenvalue weighted by Crippen LogP contribution is 2.30. The van der Waals surface area contributed by atoms with E-state index in [0.717, 1.165) is 24.1 Å². The maximum absolute atomic E-state index is 12.2. The molecule has 1 saturated heterocycles. The Morgan fingerprint density at radius 1 is 1.27 bits per heavy atom. The highest BCUT2D eigenvalue weighted by Gasteiger charge is 2.28. The fraction of sp³-hybridized carbons (Fsp3) is 0.412. The topological polar surface area (TPSA) is 69.2 Å². The molecule has 5 nitrogen and oxygen atoms in total. The van der Waals surface area contributed by atoms with E-state index < -0.39 is 6.10 Å². The fourth-order valence-electron chi connectivity index (χ4n) is 3.04. The Bertz CT molecular complexity index is 590. The lowest BCUT2D eigenvalue weighted by Gasteiger charge is -2.34. The Labute approximate surface area is 130 Å². The molecule has 0 spiro atoms. The third kappa shape index (κ3) is 3.36. The molecule has 0 aliphatic carbocycles. The largest absolute Gasteiger partial charge is 0.388 e. The van der Waals surface area contributed by atoms with Gasteiger partial charge in [-0.2, -0.15) is 5.10 Å². The minimum Gasteiger partial charge on any atom is -0.388 e. The van der Waals surface area contributed by atoms with Gasteiger partial charge in [0.2, 0.25) is 5.91 Å². The molecule has 1 unspecified atom stereocenters. The lowest BCUT2D eigenvalue weighted by molar-refractivity contribution is -0.132. The molecule has 116 valence electrons. The highest BCUT2D eigenvalue weighted by molar-refractivity contribution is 5.78. The minimum absolute atomic E-state index is 0.122. The first-order valence-corrected chi connectivity index (χ1v) is 7.73. The number of aliphatic hydroxyl groups excluding tert-OH is 1. The molecule has 1 aromatic heterocycles. The molecule has 0 saturated carbocycles. The van der Waals surface area contributed by atoms with Crippen LogP contribution in [0.5, 0.6) is 0 Å². The molecular weight excluding hydrogens is 278 g/mol. The van der Waals surface area contributed by atoms with Crippen molar-refractivity contribution in [3.63, 3.8) is 0 Å². The Kier molecular flexibility index (Phi) is 4.53. The first kappa shape index (κ1) is 14.8. The second-order valence-electron chi connectivity index (χ2n) is 5.83. The van der Waals surface area contributed by atoms with Crippen LogP contribution in [0.2, 0.25) is 0 Å². The van der Waals surface area contributed by atoms with E-state index in [-0.39, 0.29) is 11.8 Å². The zero-order valence-corrected chi connectivity index (χ0v) is 12.5. The summed E-state index contributed by atoms with van der Waals surface area (Å²) in [6, 6.07) is 11.6. The predicted octanol–water partition coefficient (Wildman–Crippen LogP) is 1.92. The van der Waals surface area contributed by atoms with Crippen molar-refractivity contribution in [2.24, 2.45) is 5.92 Å². The molecule has 1 fully saturated rings. The van der Waals surface area contributed by atoms with E-state index in [0.29, 0.717) is 19.5 Å². The number of likely N-dealkylation sites (tertiary alicyclic amines) is 1. The summed E-state index contributed by atoms with van der Waals surface area (Å²) in [5, 5.41) is 17.1. The van der Waals surface area contributed by atoms with Gasteiger partial charge in [0.15, 0.2) is 0 Å². The van der Waals surface area contributed by atoms with E-state index in [2.05, 4.69) is 10.2 Å². The number of carbonyl (C=O) groups excluding carboxylic acids is 1. The summed E-state index contributed by atoms with van der Waals surface area (Å²) in [5.74, 6) is 0.343. The number of nitrogens with one attached hydrogen (secondary N) is 1. The van der Waals surface area contributed by atoms with E-state index in [1.165, 1.54) is 0 Å². The number of piperidine rings is 1. The molecule has 0 radical (unpaired) electrons. The van der Waals surface area contributed by atoms with Crippen LogP contribution in [-0.4, -0.2) is 39.2 Å². The SMILES string of the molecule is O=C(Cc1ccn[nH]1)N1CCC(C(O)c2ccccc2)CC1. The molecule has 0 bridgehead atoms. The molecular formula is C17H21N3O2. The van der Waals surface area contributed by atoms with Crippen LogP contribution < -0.4 is 0 Å². The van der Waals surface area contributed by atoms with Crippen molar-refractivity contribution in [2.75, 3.05) is 13.1 Å². The number of benzene rings is 1. The second kappa shape index (κ2) is 6.75. The van der Waals surface area contributed by atoms with Crippen molar-refractivity contribution >= 4 is 5.91 Å². The Morgan fingerprint density at radius 3 is 2.64 bits per heavy atom. The van der Waals surface area contributed by atoms with Gasteiger partial charge in [-0.3, -0.25) is 9.89 Å². The molecule has 5 heteroatoms. The number of hydrogen-bond donors (Lipinski definition) is 2. The minimum atomic E-state index is -0.439. The van der Waals surface area contributed by atoms with Gasteiger partial charge < -0.3 is 10.0 Å². The van der Waals surface area contributed by atoms with Crippen LogP contribution in [0.3, 0.4) is 0 Å². The monoisotopic (exact) mass is 299 g/mol. The van der Waals surface area contributed by atoms with Gasteiger partial charge in [-0.05, 0) is 30.4 Å². The second-order valence-corrected chi connectivity index (χ2v) is 5.83. The molecule has 2 aromatic rings. The smallest absolute Gasteiger partial charge is 0.228 e. The summed E-state index contributed by atoms with van der Waals surface area (Å²) in [6.45, 7) is 1.42. The highest BCUT2D eigenvalue weighted by atomic mass is 16.3. The molecule has 1 aromatic carbocycles. The van der Waals surface area contributed by atoms with E-state index in [4.69, 9.17) is 0 Å². The zero-order chi connectivity index (χ0) is 15.4. The van der Waals surface area contributed by atoms with Crippen molar-refractivity contribution in [1.29, 1.82) is 0 Å². The van der Waals surface area contributed by atoms with Gasteiger partial charge in [0, 0.05) is 25.0 Å². The van der Waals surface area contributed by atoms with Crippen molar-refractivity contribution in [1.82, 2.24) is 15.1 Å². The molecule has 3 rings (SSSR count). The quantitative estimate of drug-likeness (QED) is 0.906. The Hall–Kier alpha value is -2.14. The van der Waals surface area contributed by atoms with Crippen molar-refractivity contribution < 1.29 is 9.90 Å². The van der Waals surface area contributed by atoms with Gasteiger partial charge >= 0.3 is 0 Å². The van der Waals surface area contributed by atoms with Crippen molar-refractivity contribution in [3.8, 4) is 0 Å².